The molecule has 0 unspecified atom stereocenters. The molecule has 3 heterocycles. The molecular weight excluding hydrogens is 454 g/mol. The van der Waals surface area contributed by atoms with Crippen molar-refractivity contribution in [3.05, 3.63) is 84.4 Å². The number of hydrogen-bond acceptors (Lipinski definition) is 5. The summed E-state index contributed by atoms with van der Waals surface area (Å²) in [7, 11) is 0. The van der Waals surface area contributed by atoms with E-state index in [1.807, 2.05) is 47.4 Å². The second kappa shape index (κ2) is 9.43. The van der Waals surface area contributed by atoms with E-state index in [0.717, 1.165) is 60.1 Å². The molecule has 6 heteroatoms. The van der Waals surface area contributed by atoms with Gasteiger partial charge in [-0.25, -0.2) is 0 Å². The summed E-state index contributed by atoms with van der Waals surface area (Å²) in [4.78, 5) is 22.4. The van der Waals surface area contributed by atoms with Crippen LogP contribution in [0.1, 0.15) is 24.8 Å². The number of hydrogen-bond donors (Lipinski definition) is 1. The molecule has 0 radical (unpaired) electrons. The number of rotatable bonds is 4. The van der Waals surface area contributed by atoms with Gasteiger partial charge in [0.2, 0.25) is 5.91 Å². The van der Waals surface area contributed by atoms with Crippen LogP contribution < -0.4 is 4.90 Å². The van der Waals surface area contributed by atoms with Gasteiger partial charge in [-0.2, -0.15) is 0 Å². The van der Waals surface area contributed by atoms with Crippen molar-refractivity contribution in [3.63, 3.8) is 0 Å². The van der Waals surface area contributed by atoms with Gasteiger partial charge in [-0.1, -0.05) is 66.4 Å². The van der Waals surface area contributed by atoms with Crippen molar-refractivity contribution in [2.24, 2.45) is 0 Å². The summed E-state index contributed by atoms with van der Waals surface area (Å²) >= 11 is 1.71. The van der Waals surface area contributed by atoms with E-state index in [-0.39, 0.29) is 11.4 Å². The molecule has 1 spiro atoms. The molecule has 3 aromatic carbocycles. The molecule has 3 aromatic rings. The predicted molar refractivity (Wildman–Crippen MR) is 140 cm³/mol. The minimum absolute atomic E-state index is 0.0564. The first-order valence-electron chi connectivity index (χ1n) is 12.5. The van der Waals surface area contributed by atoms with Crippen LogP contribution in [-0.2, 0) is 11.3 Å². The van der Waals surface area contributed by atoms with Crippen LogP contribution in [0.15, 0.2) is 88.7 Å². The lowest BCUT2D eigenvalue weighted by Gasteiger charge is -2.48. The molecule has 180 valence electrons. The number of fused-ring (bicyclic) bond motifs is 2. The Bertz CT molecular complexity index is 1170. The number of likely N-dealkylation sites (tertiary alicyclic amines) is 2. The molecule has 0 aliphatic carbocycles. The Labute approximate surface area is 211 Å². The van der Waals surface area contributed by atoms with E-state index in [4.69, 9.17) is 0 Å². The van der Waals surface area contributed by atoms with Crippen LogP contribution in [0.25, 0.3) is 0 Å². The van der Waals surface area contributed by atoms with Crippen molar-refractivity contribution in [1.82, 2.24) is 9.80 Å². The van der Waals surface area contributed by atoms with Crippen LogP contribution in [0.4, 0.5) is 11.4 Å². The first-order valence-corrected chi connectivity index (χ1v) is 13.3. The van der Waals surface area contributed by atoms with Gasteiger partial charge in [0.15, 0.2) is 0 Å². The lowest BCUT2D eigenvalue weighted by Crippen LogP contribution is -2.62. The second-order valence-corrected chi connectivity index (χ2v) is 11.0. The topological polar surface area (TPSA) is 47.0 Å². The summed E-state index contributed by atoms with van der Waals surface area (Å²) in [5.41, 5.74) is 3.00. The minimum atomic E-state index is -0.466. The Morgan fingerprint density at radius 2 is 1.54 bits per heavy atom. The van der Waals surface area contributed by atoms with E-state index in [1.165, 1.54) is 5.56 Å². The first-order chi connectivity index (χ1) is 17.1. The Morgan fingerprint density at radius 1 is 0.886 bits per heavy atom. The molecular formula is C29H31N3O2S. The van der Waals surface area contributed by atoms with Crippen LogP contribution >= 0.6 is 11.8 Å². The Hall–Kier alpha value is -2.64. The summed E-state index contributed by atoms with van der Waals surface area (Å²) in [6.45, 7) is 3.54. The molecule has 3 aliphatic heterocycles. The van der Waals surface area contributed by atoms with E-state index < -0.39 is 6.10 Å². The number of benzene rings is 3. The van der Waals surface area contributed by atoms with Crippen molar-refractivity contribution in [2.45, 2.75) is 47.2 Å². The zero-order valence-corrected chi connectivity index (χ0v) is 20.7. The van der Waals surface area contributed by atoms with E-state index in [1.54, 1.807) is 11.8 Å². The van der Waals surface area contributed by atoms with Crippen LogP contribution in [0.5, 0.6) is 0 Å². The summed E-state index contributed by atoms with van der Waals surface area (Å²) in [5, 5.41) is 11.4. The maximum atomic E-state index is 13.7. The fourth-order valence-electron chi connectivity index (χ4n) is 6.06. The fourth-order valence-corrected chi connectivity index (χ4v) is 7.12. The normalized spacial score (nSPS) is 24.4. The highest BCUT2D eigenvalue weighted by atomic mass is 32.2. The lowest BCUT2D eigenvalue weighted by molar-refractivity contribution is -0.121. The van der Waals surface area contributed by atoms with Gasteiger partial charge in [0.1, 0.15) is 0 Å². The largest absolute Gasteiger partial charge is 0.390 e. The van der Waals surface area contributed by atoms with Crippen LogP contribution in [0, 0.1) is 0 Å². The molecule has 2 fully saturated rings. The number of aliphatic hydroxyl groups is 1. The maximum absolute atomic E-state index is 13.7. The molecule has 6 rings (SSSR count). The highest BCUT2D eigenvalue weighted by Crippen LogP contribution is 2.48. The van der Waals surface area contributed by atoms with Crippen molar-refractivity contribution < 1.29 is 9.90 Å². The summed E-state index contributed by atoms with van der Waals surface area (Å²) < 4.78 is 0. The fraction of sp³-hybridized carbons (Fsp3) is 0.345. The van der Waals surface area contributed by atoms with Gasteiger partial charge in [-0.3, -0.25) is 19.5 Å². The van der Waals surface area contributed by atoms with Crippen LogP contribution in [0.2, 0.25) is 0 Å². The standard InChI is InChI=1S/C29H31N3O2S/c33-27-20-30(18-16-29(27)15-8-17-31(29)19-22-9-2-1-3-10-22)21-28(34)32-23-11-4-6-13-25(23)35-26-14-7-5-12-24(26)32/h1-7,9-14,27,33H,8,15-21H2/t27-,29-/m0/s1. The number of amides is 1. The third kappa shape index (κ3) is 4.19. The molecule has 2 saturated heterocycles. The van der Waals surface area contributed by atoms with Gasteiger partial charge >= 0.3 is 0 Å². The molecule has 2 atom stereocenters. The average Bonchev–Trinajstić information content (AvgIpc) is 3.28. The number of nitrogens with zero attached hydrogens (tertiary/aromatic N) is 3. The number of anilines is 2. The molecule has 1 N–H and O–H groups in total. The van der Waals surface area contributed by atoms with E-state index in [9.17, 15) is 9.90 Å². The molecule has 3 aliphatic rings. The Kier molecular flexibility index (Phi) is 6.14. The number of carbonyl (C=O) groups excluding carboxylic acids is 1. The molecule has 0 saturated carbocycles. The zero-order chi connectivity index (χ0) is 23.8. The van der Waals surface area contributed by atoms with Crippen LogP contribution in [0.3, 0.4) is 0 Å². The van der Waals surface area contributed by atoms with Crippen molar-refractivity contribution in [3.8, 4) is 0 Å². The Morgan fingerprint density at radius 3 is 2.23 bits per heavy atom. The quantitative estimate of drug-likeness (QED) is 0.569. The van der Waals surface area contributed by atoms with Crippen molar-refractivity contribution in [1.29, 1.82) is 0 Å². The monoisotopic (exact) mass is 485 g/mol. The SMILES string of the molecule is O=C(CN1CC[C@@]2(CCCN2Cc2ccccc2)[C@@H](O)C1)N1c2ccccc2Sc2ccccc21. The molecule has 0 aromatic heterocycles. The molecule has 1 amide bonds. The number of para-hydroxylation sites is 2. The molecule has 5 nitrogen and oxygen atoms in total. The summed E-state index contributed by atoms with van der Waals surface area (Å²) in [5.74, 6) is 0.0564. The summed E-state index contributed by atoms with van der Waals surface area (Å²) in [6, 6.07) is 26.8. The highest BCUT2D eigenvalue weighted by Gasteiger charge is 2.49. The van der Waals surface area contributed by atoms with Gasteiger partial charge in [0.25, 0.3) is 0 Å². The third-order valence-corrected chi connectivity index (χ3v) is 8.97. The lowest BCUT2D eigenvalue weighted by atomic mass is 9.82. The smallest absolute Gasteiger partial charge is 0.245 e. The number of piperidine rings is 1. The van der Waals surface area contributed by atoms with E-state index in [0.29, 0.717) is 13.1 Å². The number of carbonyl (C=O) groups is 1. The molecule has 0 bridgehead atoms. The molecule has 35 heavy (non-hydrogen) atoms. The maximum Gasteiger partial charge on any atom is 0.245 e. The van der Waals surface area contributed by atoms with Crippen molar-refractivity contribution in [2.75, 3.05) is 31.1 Å². The van der Waals surface area contributed by atoms with Crippen LogP contribution in [-0.4, -0.2) is 58.6 Å². The van der Waals surface area contributed by atoms with Gasteiger partial charge in [0, 0.05) is 35.0 Å². The van der Waals surface area contributed by atoms with Gasteiger partial charge in [-0.15, -0.1) is 0 Å². The van der Waals surface area contributed by atoms with Gasteiger partial charge in [-0.05, 0) is 55.6 Å². The van der Waals surface area contributed by atoms with E-state index in [2.05, 4.69) is 46.2 Å². The zero-order valence-electron chi connectivity index (χ0n) is 19.8. The van der Waals surface area contributed by atoms with E-state index >= 15 is 0 Å². The number of β-amino-alcohol motifs (C(OH)–C–C–N with tert-alkyl or cyclic N) is 1. The average molecular weight is 486 g/mol. The third-order valence-electron chi connectivity index (χ3n) is 7.84. The van der Waals surface area contributed by atoms with Crippen molar-refractivity contribution >= 4 is 29.0 Å². The first kappa shape index (κ1) is 22.8. The number of aliphatic hydroxyl groups excluding tert-OH is 1. The van der Waals surface area contributed by atoms with Gasteiger partial charge < -0.3 is 5.11 Å². The summed E-state index contributed by atoms with van der Waals surface area (Å²) in [6.07, 6.45) is 2.55. The van der Waals surface area contributed by atoms with Gasteiger partial charge in [0.05, 0.1) is 24.0 Å². The second-order valence-electron chi connectivity index (χ2n) is 9.88. The predicted octanol–water partition coefficient (Wildman–Crippen LogP) is 4.92. The Balaban J connectivity index is 1.18. The minimum Gasteiger partial charge on any atom is -0.390 e. The highest BCUT2D eigenvalue weighted by molar-refractivity contribution is 7.99.